The first-order valence-corrected chi connectivity index (χ1v) is 8.12. The number of carbonyl (C=O) groups excluding carboxylic acids is 1. The minimum Gasteiger partial charge on any atom is -0.490 e. The summed E-state index contributed by atoms with van der Waals surface area (Å²) in [6.07, 6.45) is 6.02. The Morgan fingerprint density at radius 1 is 1.50 bits per heavy atom. The number of carbonyl (C=O) groups is 1. The zero-order valence-electron chi connectivity index (χ0n) is 13.8. The van der Waals surface area contributed by atoms with Crippen molar-refractivity contribution in [2.75, 3.05) is 7.11 Å². The number of hydrogen-bond donors (Lipinski definition) is 1. The van der Waals surface area contributed by atoms with Crippen LogP contribution >= 0.6 is 0 Å². The molecule has 7 heteroatoms. The van der Waals surface area contributed by atoms with Crippen LogP contribution < -0.4 is 10.2 Å². The largest absolute Gasteiger partial charge is 0.490 e. The summed E-state index contributed by atoms with van der Waals surface area (Å²) in [5.74, 6) is 0.658. The maximum absolute atomic E-state index is 12.3. The number of nitro groups is 1. The van der Waals surface area contributed by atoms with Crippen molar-refractivity contribution in [1.82, 2.24) is 5.43 Å². The van der Waals surface area contributed by atoms with Crippen LogP contribution in [0.5, 0.6) is 5.75 Å². The van der Waals surface area contributed by atoms with E-state index >= 15 is 0 Å². The number of nitrogens with zero attached hydrogens (tertiary/aromatic N) is 2. The summed E-state index contributed by atoms with van der Waals surface area (Å²) >= 11 is 0. The normalized spacial score (nSPS) is 28.2. The Labute approximate surface area is 140 Å². The highest BCUT2D eigenvalue weighted by Gasteiger charge is 2.64. The maximum atomic E-state index is 12.3. The van der Waals surface area contributed by atoms with Gasteiger partial charge in [0.15, 0.2) is 5.75 Å². The molecule has 0 spiro atoms. The molecule has 1 aromatic carbocycles. The number of benzene rings is 1. The minimum absolute atomic E-state index is 0.0438. The van der Waals surface area contributed by atoms with E-state index in [0.29, 0.717) is 11.5 Å². The Bertz CT molecular complexity index is 703. The van der Waals surface area contributed by atoms with Crippen molar-refractivity contribution in [2.45, 2.75) is 32.6 Å². The average Bonchev–Trinajstić information content (AvgIpc) is 3.20. The molecule has 1 amide bonds. The van der Waals surface area contributed by atoms with Crippen molar-refractivity contribution in [2.24, 2.45) is 22.4 Å². The molecule has 0 radical (unpaired) electrons. The molecule has 1 aromatic rings. The van der Waals surface area contributed by atoms with Gasteiger partial charge in [-0.05, 0) is 36.3 Å². The van der Waals surface area contributed by atoms with Gasteiger partial charge in [0.2, 0.25) is 5.91 Å². The van der Waals surface area contributed by atoms with Crippen LogP contribution in [0, 0.1) is 27.4 Å². The number of fused-ring (bicyclic) bond motifs is 1. The van der Waals surface area contributed by atoms with Crippen LogP contribution in [-0.4, -0.2) is 24.2 Å². The number of nitrogens with one attached hydrogen (secondary N) is 1. The molecular formula is C17H21N3O4. The van der Waals surface area contributed by atoms with E-state index in [-0.39, 0.29) is 28.7 Å². The Morgan fingerprint density at radius 3 is 2.92 bits per heavy atom. The monoisotopic (exact) mass is 331 g/mol. The Hall–Kier alpha value is -2.44. The van der Waals surface area contributed by atoms with Gasteiger partial charge in [-0.1, -0.05) is 19.8 Å². The van der Waals surface area contributed by atoms with Gasteiger partial charge in [0.05, 0.1) is 18.2 Å². The van der Waals surface area contributed by atoms with Gasteiger partial charge in [-0.3, -0.25) is 14.9 Å². The molecule has 1 N–H and O–H groups in total. The third-order valence-electron chi connectivity index (χ3n) is 5.40. The molecule has 0 unspecified atom stereocenters. The lowest BCUT2D eigenvalue weighted by Crippen LogP contribution is -2.22. The third kappa shape index (κ3) is 2.86. The van der Waals surface area contributed by atoms with Gasteiger partial charge in [-0.2, -0.15) is 5.10 Å². The van der Waals surface area contributed by atoms with Crippen LogP contribution in [0.2, 0.25) is 0 Å². The van der Waals surface area contributed by atoms with Crippen molar-refractivity contribution in [3.8, 4) is 5.75 Å². The van der Waals surface area contributed by atoms with Crippen LogP contribution in [0.4, 0.5) is 5.69 Å². The van der Waals surface area contributed by atoms with E-state index in [1.807, 2.05) is 0 Å². The van der Waals surface area contributed by atoms with E-state index < -0.39 is 4.92 Å². The second-order valence-corrected chi connectivity index (χ2v) is 6.76. The van der Waals surface area contributed by atoms with Crippen LogP contribution in [0.25, 0.3) is 0 Å². The molecule has 0 aliphatic heterocycles. The molecule has 3 atom stereocenters. The van der Waals surface area contributed by atoms with Gasteiger partial charge in [-0.25, -0.2) is 5.43 Å². The Balaban J connectivity index is 1.64. The number of amides is 1. The summed E-state index contributed by atoms with van der Waals surface area (Å²) in [7, 11) is 1.38. The molecule has 24 heavy (non-hydrogen) atoms. The highest BCUT2D eigenvalue weighted by molar-refractivity contribution is 5.86. The SMILES string of the molecule is COc1ccc(/C=N\NC(=O)[C@H]2[C@H]3CCCC[C@@]32C)cc1[N+](=O)[O-]. The quantitative estimate of drug-likeness (QED) is 0.510. The van der Waals surface area contributed by atoms with E-state index in [2.05, 4.69) is 17.5 Å². The predicted octanol–water partition coefficient (Wildman–Crippen LogP) is 2.88. The molecule has 3 rings (SSSR count). The molecule has 2 aliphatic rings. The zero-order valence-corrected chi connectivity index (χ0v) is 13.8. The van der Waals surface area contributed by atoms with E-state index in [1.54, 1.807) is 6.07 Å². The lowest BCUT2D eigenvalue weighted by molar-refractivity contribution is -0.385. The van der Waals surface area contributed by atoms with Crippen molar-refractivity contribution < 1.29 is 14.5 Å². The average molecular weight is 331 g/mol. The van der Waals surface area contributed by atoms with Crippen LogP contribution in [0.3, 0.4) is 0 Å². The highest BCUT2D eigenvalue weighted by atomic mass is 16.6. The van der Waals surface area contributed by atoms with Crippen molar-refractivity contribution >= 4 is 17.8 Å². The first-order chi connectivity index (χ1) is 11.5. The summed E-state index contributed by atoms with van der Waals surface area (Å²) < 4.78 is 4.95. The van der Waals surface area contributed by atoms with Gasteiger partial charge >= 0.3 is 5.69 Å². The molecule has 2 saturated carbocycles. The van der Waals surface area contributed by atoms with Crippen LogP contribution in [0.1, 0.15) is 38.2 Å². The first kappa shape index (κ1) is 16.4. The fraction of sp³-hybridized carbons (Fsp3) is 0.529. The van der Waals surface area contributed by atoms with Crippen LogP contribution in [-0.2, 0) is 4.79 Å². The lowest BCUT2D eigenvalue weighted by Gasteiger charge is -2.15. The molecule has 2 aliphatic carbocycles. The maximum Gasteiger partial charge on any atom is 0.311 e. The van der Waals surface area contributed by atoms with Gasteiger partial charge in [0.25, 0.3) is 0 Å². The summed E-state index contributed by atoms with van der Waals surface area (Å²) in [5.41, 5.74) is 3.12. The molecule has 0 bridgehead atoms. The van der Waals surface area contributed by atoms with Gasteiger partial charge in [-0.15, -0.1) is 0 Å². The molecule has 2 fully saturated rings. The minimum atomic E-state index is -0.509. The summed E-state index contributed by atoms with van der Waals surface area (Å²) in [6, 6.07) is 4.53. The fourth-order valence-electron chi connectivity index (χ4n) is 4.02. The molecule has 0 aromatic heterocycles. The van der Waals surface area contributed by atoms with Crippen molar-refractivity contribution in [3.05, 3.63) is 33.9 Å². The van der Waals surface area contributed by atoms with Gasteiger partial charge in [0, 0.05) is 17.5 Å². The van der Waals surface area contributed by atoms with Crippen molar-refractivity contribution in [3.63, 3.8) is 0 Å². The summed E-state index contributed by atoms with van der Waals surface area (Å²) in [5, 5.41) is 15.0. The van der Waals surface area contributed by atoms with E-state index in [4.69, 9.17) is 4.74 Å². The number of methoxy groups -OCH3 is 1. The Kier molecular flexibility index (Phi) is 4.26. The first-order valence-electron chi connectivity index (χ1n) is 8.12. The standard InChI is InChI=1S/C17H21N3O4/c1-17-8-4-3-5-12(17)15(17)16(21)19-18-10-11-6-7-14(24-2)13(9-11)20(22)23/h6-7,9-10,12,15H,3-5,8H2,1-2H3,(H,19,21)/b18-10-/t12-,15-,17+/m1/s1. The predicted molar refractivity (Wildman–Crippen MR) is 88.9 cm³/mol. The summed E-state index contributed by atoms with van der Waals surface area (Å²) in [4.78, 5) is 22.8. The molecular weight excluding hydrogens is 310 g/mol. The van der Waals surface area contributed by atoms with Crippen molar-refractivity contribution in [1.29, 1.82) is 0 Å². The second kappa shape index (κ2) is 6.22. The molecule has 0 saturated heterocycles. The fourth-order valence-corrected chi connectivity index (χ4v) is 4.02. The van der Waals surface area contributed by atoms with E-state index in [9.17, 15) is 14.9 Å². The molecule has 7 nitrogen and oxygen atoms in total. The van der Waals surface area contributed by atoms with Crippen LogP contribution in [0.15, 0.2) is 23.3 Å². The topological polar surface area (TPSA) is 93.8 Å². The number of ether oxygens (including phenoxy) is 1. The second-order valence-electron chi connectivity index (χ2n) is 6.76. The molecule has 128 valence electrons. The van der Waals surface area contributed by atoms with E-state index in [0.717, 1.165) is 12.8 Å². The lowest BCUT2D eigenvalue weighted by atomic mass is 9.90. The third-order valence-corrected chi connectivity index (χ3v) is 5.40. The smallest absolute Gasteiger partial charge is 0.311 e. The zero-order chi connectivity index (χ0) is 17.3. The number of nitro benzene ring substituents is 1. The highest BCUT2D eigenvalue weighted by Crippen LogP contribution is 2.66. The van der Waals surface area contributed by atoms with Gasteiger partial charge in [0.1, 0.15) is 0 Å². The number of hydrogen-bond acceptors (Lipinski definition) is 5. The number of rotatable bonds is 5. The van der Waals surface area contributed by atoms with E-state index in [1.165, 1.54) is 38.3 Å². The molecule has 0 heterocycles. The summed E-state index contributed by atoms with van der Waals surface area (Å²) in [6.45, 7) is 2.18. The van der Waals surface area contributed by atoms with Gasteiger partial charge < -0.3 is 4.74 Å². The Morgan fingerprint density at radius 2 is 2.29 bits per heavy atom. The number of hydrazone groups is 1.